The van der Waals surface area contributed by atoms with Crippen LogP contribution in [0.5, 0.6) is 0 Å². The summed E-state index contributed by atoms with van der Waals surface area (Å²) in [5, 5.41) is 13.2. The van der Waals surface area contributed by atoms with Crippen LogP contribution in [0.25, 0.3) is 22.3 Å². The van der Waals surface area contributed by atoms with Gasteiger partial charge in [-0.2, -0.15) is 0 Å². The zero-order chi connectivity index (χ0) is 18.8. The van der Waals surface area contributed by atoms with Crippen LogP contribution in [0.4, 0.5) is 11.5 Å². The quantitative estimate of drug-likeness (QED) is 0.456. The van der Waals surface area contributed by atoms with Gasteiger partial charge >= 0.3 is 5.97 Å². The van der Waals surface area contributed by atoms with Gasteiger partial charge in [0.05, 0.1) is 11.1 Å². The molecule has 4 rings (SSSR count). The zero-order valence-corrected chi connectivity index (χ0v) is 15.6. The highest BCUT2D eigenvalue weighted by Gasteiger charge is 2.11. The molecule has 0 spiro atoms. The van der Waals surface area contributed by atoms with Crippen molar-refractivity contribution in [2.45, 2.75) is 0 Å². The van der Waals surface area contributed by atoms with Crippen LogP contribution < -0.4 is 5.32 Å². The van der Waals surface area contributed by atoms with Crippen LogP contribution in [-0.2, 0) is 0 Å². The van der Waals surface area contributed by atoms with E-state index in [0.29, 0.717) is 11.6 Å². The van der Waals surface area contributed by atoms with Crippen molar-refractivity contribution in [2.75, 3.05) is 5.32 Å². The number of halogens is 1. The third kappa shape index (κ3) is 3.66. The van der Waals surface area contributed by atoms with Gasteiger partial charge in [-0.05, 0) is 42.5 Å². The Morgan fingerprint density at radius 3 is 2.37 bits per heavy atom. The number of carboxylic acids is 1. The van der Waals surface area contributed by atoms with Crippen LogP contribution in [0.15, 0.2) is 77.3 Å². The molecule has 0 radical (unpaired) electrons. The third-order valence-corrected chi connectivity index (χ3v) is 4.58. The molecule has 1 aromatic heterocycles. The molecule has 0 aliphatic carbocycles. The summed E-state index contributed by atoms with van der Waals surface area (Å²) in [5.41, 5.74) is 2.73. The zero-order valence-electron chi connectivity index (χ0n) is 14.1. The lowest BCUT2D eigenvalue weighted by Gasteiger charge is -2.12. The van der Waals surface area contributed by atoms with E-state index in [1.165, 1.54) is 0 Å². The van der Waals surface area contributed by atoms with E-state index < -0.39 is 5.97 Å². The SMILES string of the molecule is O=C(O)c1ccc(Nc2nc(-c3ccccc3)nc3ccc(Br)cc23)cc1. The number of rotatable bonds is 4. The highest BCUT2D eigenvalue weighted by molar-refractivity contribution is 9.10. The molecule has 0 atom stereocenters. The van der Waals surface area contributed by atoms with Gasteiger partial charge in [-0.3, -0.25) is 0 Å². The van der Waals surface area contributed by atoms with Crippen LogP contribution in [-0.4, -0.2) is 21.0 Å². The van der Waals surface area contributed by atoms with E-state index in [-0.39, 0.29) is 5.56 Å². The monoisotopic (exact) mass is 419 g/mol. The summed E-state index contributed by atoms with van der Waals surface area (Å²) in [5.74, 6) is 0.322. The minimum absolute atomic E-state index is 0.237. The van der Waals surface area contributed by atoms with Gasteiger partial charge in [-0.1, -0.05) is 46.3 Å². The Morgan fingerprint density at radius 2 is 1.67 bits per heavy atom. The van der Waals surface area contributed by atoms with Crippen LogP contribution in [0.3, 0.4) is 0 Å². The van der Waals surface area contributed by atoms with Gasteiger partial charge in [-0.25, -0.2) is 14.8 Å². The second kappa shape index (κ2) is 7.17. The molecule has 6 heteroatoms. The number of anilines is 2. The Labute approximate surface area is 163 Å². The summed E-state index contributed by atoms with van der Waals surface area (Å²) in [4.78, 5) is 20.4. The Morgan fingerprint density at radius 1 is 0.926 bits per heavy atom. The number of hydrogen-bond acceptors (Lipinski definition) is 4. The Hall–Kier alpha value is -3.25. The summed E-state index contributed by atoms with van der Waals surface area (Å²) < 4.78 is 0.926. The number of aromatic nitrogens is 2. The standard InChI is InChI=1S/C21H14BrN3O2/c22-15-8-11-18-17(12-15)20(23-16-9-6-14(7-10-16)21(26)27)25-19(24-18)13-4-2-1-3-5-13/h1-12H,(H,26,27)(H,23,24,25). The maximum atomic E-state index is 11.0. The normalized spacial score (nSPS) is 10.7. The van der Waals surface area contributed by atoms with Gasteiger partial charge in [0.15, 0.2) is 5.82 Å². The Bertz CT molecular complexity index is 1130. The average Bonchev–Trinajstić information content (AvgIpc) is 2.69. The average molecular weight is 420 g/mol. The molecule has 132 valence electrons. The number of nitrogens with one attached hydrogen (secondary N) is 1. The van der Waals surface area contributed by atoms with E-state index in [2.05, 4.69) is 26.2 Å². The van der Waals surface area contributed by atoms with Gasteiger partial charge in [0.25, 0.3) is 0 Å². The van der Waals surface area contributed by atoms with E-state index in [0.717, 1.165) is 26.6 Å². The third-order valence-electron chi connectivity index (χ3n) is 4.08. The van der Waals surface area contributed by atoms with Crippen LogP contribution in [0, 0.1) is 0 Å². The van der Waals surface area contributed by atoms with E-state index in [9.17, 15) is 4.79 Å². The first kappa shape index (κ1) is 17.2. The number of aromatic carboxylic acids is 1. The van der Waals surface area contributed by atoms with Gasteiger partial charge in [0.1, 0.15) is 5.82 Å². The maximum Gasteiger partial charge on any atom is 0.335 e. The molecule has 0 aliphatic heterocycles. The topological polar surface area (TPSA) is 75.1 Å². The number of benzene rings is 3. The van der Waals surface area contributed by atoms with Crippen molar-refractivity contribution in [2.24, 2.45) is 0 Å². The van der Waals surface area contributed by atoms with E-state index >= 15 is 0 Å². The number of hydrogen-bond donors (Lipinski definition) is 2. The lowest BCUT2D eigenvalue weighted by Crippen LogP contribution is -2.00. The fraction of sp³-hybridized carbons (Fsp3) is 0. The van der Waals surface area contributed by atoms with E-state index in [1.807, 2.05) is 48.5 Å². The molecule has 0 aliphatic rings. The fourth-order valence-electron chi connectivity index (χ4n) is 2.75. The molecule has 0 bridgehead atoms. The predicted molar refractivity (Wildman–Crippen MR) is 109 cm³/mol. The van der Waals surface area contributed by atoms with Gasteiger partial charge in [-0.15, -0.1) is 0 Å². The first-order valence-corrected chi connectivity index (χ1v) is 9.02. The van der Waals surface area contributed by atoms with Gasteiger partial charge < -0.3 is 10.4 Å². The molecule has 0 amide bonds. The van der Waals surface area contributed by atoms with Gasteiger partial charge in [0.2, 0.25) is 0 Å². The first-order chi connectivity index (χ1) is 13.1. The largest absolute Gasteiger partial charge is 0.478 e. The fourth-order valence-corrected chi connectivity index (χ4v) is 3.11. The number of fused-ring (bicyclic) bond motifs is 1. The summed E-state index contributed by atoms with van der Waals surface area (Å²) in [6.07, 6.45) is 0. The number of nitrogens with zero attached hydrogens (tertiary/aromatic N) is 2. The second-order valence-electron chi connectivity index (χ2n) is 5.93. The summed E-state index contributed by atoms with van der Waals surface area (Å²) in [6.45, 7) is 0. The van der Waals surface area contributed by atoms with Crippen molar-refractivity contribution in [1.29, 1.82) is 0 Å². The predicted octanol–water partition coefficient (Wildman–Crippen LogP) is 5.50. The molecule has 2 N–H and O–H groups in total. The molecule has 4 aromatic rings. The molecule has 0 fully saturated rings. The highest BCUT2D eigenvalue weighted by Crippen LogP contribution is 2.29. The lowest BCUT2D eigenvalue weighted by atomic mass is 10.1. The van der Waals surface area contributed by atoms with Crippen LogP contribution >= 0.6 is 15.9 Å². The molecule has 0 saturated heterocycles. The Kier molecular flexibility index (Phi) is 4.56. The Balaban J connectivity index is 1.82. The minimum Gasteiger partial charge on any atom is -0.478 e. The minimum atomic E-state index is -0.954. The maximum absolute atomic E-state index is 11.0. The smallest absolute Gasteiger partial charge is 0.335 e. The van der Waals surface area contributed by atoms with Crippen LogP contribution in [0.1, 0.15) is 10.4 Å². The first-order valence-electron chi connectivity index (χ1n) is 8.23. The molecule has 27 heavy (non-hydrogen) atoms. The second-order valence-corrected chi connectivity index (χ2v) is 6.85. The van der Waals surface area contributed by atoms with Crippen molar-refractivity contribution in [1.82, 2.24) is 9.97 Å². The molecule has 3 aromatic carbocycles. The van der Waals surface area contributed by atoms with Crippen molar-refractivity contribution < 1.29 is 9.90 Å². The molecular weight excluding hydrogens is 406 g/mol. The summed E-state index contributed by atoms with van der Waals surface area (Å²) >= 11 is 3.49. The van der Waals surface area contributed by atoms with Crippen molar-refractivity contribution in [3.63, 3.8) is 0 Å². The molecular formula is C21H14BrN3O2. The highest BCUT2D eigenvalue weighted by atomic mass is 79.9. The lowest BCUT2D eigenvalue weighted by molar-refractivity contribution is 0.0697. The number of carbonyl (C=O) groups is 1. The van der Waals surface area contributed by atoms with E-state index in [1.54, 1.807) is 24.3 Å². The molecule has 5 nitrogen and oxygen atoms in total. The molecule has 1 heterocycles. The van der Waals surface area contributed by atoms with Crippen molar-refractivity contribution in [3.8, 4) is 11.4 Å². The van der Waals surface area contributed by atoms with Gasteiger partial charge in [0, 0.05) is 21.1 Å². The van der Waals surface area contributed by atoms with E-state index in [4.69, 9.17) is 10.1 Å². The van der Waals surface area contributed by atoms with Crippen molar-refractivity contribution >= 4 is 44.3 Å². The summed E-state index contributed by atoms with van der Waals surface area (Å²) in [7, 11) is 0. The molecule has 0 unspecified atom stereocenters. The molecule has 0 saturated carbocycles. The van der Waals surface area contributed by atoms with Crippen LogP contribution in [0.2, 0.25) is 0 Å². The number of carboxylic acid groups (broad SMARTS) is 1. The summed E-state index contributed by atoms with van der Waals surface area (Å²) in [6, 6.07) is 22.2. The van der Waals surface area contributed by atoms with Crippen molar-refractivity contribution in [3.05, 3.63) is 82.8 Å².